The summed E-state index contributed by atoms with van der Waals surface area (Å²) in [5.41, 5.74) is 1.15. The third kappa shape index (κ3) is 12.4. The molecule has 0 spiro atoms. The second kappa shape index (κ2) is 17.4. The Labute approximate surface area is 171 Å². The van der Waals surface area contributed by atoms with Gasteiger partial charge in [-0.3, -0.25) is 4.98 Å². The number of hydrogen-bond donors (Lipinski definition) is 0. The number of aromatic nitrogens is 1. The van der Waals surface area contributed by atoms with Gasteiger partial charge >= 0.3 is 0 Å². The lowest BCUT2D eigenvalue weighted by atomic mass is 10.1. The zero-order chi connectivity index (χ0) is 19.6. The molecule has 0 amide bonds. The van der Waals surface area contributed by atoms with E-state index in [2.05, 4.69) is 44.0 Å². The lowest BCUT2D eigenvalue weighted by molar-refractivity contribution is 0.622. The van der Waals surface area contributed by atoms with E-state index in [9.17, 15) is 0 Å². The van der Waals surface area contributed by atoms with E-state index in [1.807, 2.05) is 12.3 Å². The third-order valence-electron chi connectivity index (χ3n) is 5.33. The van der Waals surface area contributed by atoms with Crippen molar-refractivity contribution in [2.75, 3.05) is 12.3 Å². The molecular weight excluding hydrogens is 345 g/mol. The molecule has 0 N–H and O–H groups in total. The Kier molecular flexibility index (Phi) is 15.7. The van der Waals surface area contributed by atoms with Crippen LogP contribution in [-0.2, 0) is 0 Å². The average molecular weight is 390 g/mol. The molecule has 0 unspecified atom stereocenters. The van der Waals surface area contributed by atoms with Gasteiger partial charge in [-0.2, -0.15) is 0 Å². The summed E-state index contributed by atoms with van der Waals surface area (Å²) in [4.78, 5) is 4.54. The lowest BCUT2D eigenvalue weighted by Crippen LogP contribution is -1.96. The molecule has 154 valence electrons. The van der Waals surface area contributed by atoms with E-state index in [-0.39, 0.29) is 7.92 Å². The van der Waals surface area contributed by atoms with Crippen molar-refractivity contribution in [1.82, 2.24) is 4.98 Å². The van der Waals surface area contributed by atoms with E-state index in [4.69, 9.17) is 0 Å². The minimum absolute atomic E-state index is 0.0243. The highest BCUT2D eigenvalue weighted by Gasteiger charge is 2.12. The van der Waals surface area contributed by atoms with Crippen molar-refractivity contribution in [2.24, 2.45) is 0 Å². The van der Waals surface area contributed by atoms with Gasteiger partial charge in [-0.15, -0.1) is 0 Å². The average Bonchev–Trinajstić information content (AvgIpc) is 2.70. The summed E-state index contributed by atoms with van der Waals surface area (Å²) in [7, 11) is 0.0243. The monoisotopic (exact) mass is 389 g/mol. The maximum absolute atomic E-state index is 4.54. The summed E-state index contributed by atoms with van der Waals surface area (Å²) < 4.78 is 0. The van der Waals surface area contributed by atoms with Crippen molar-refractivity contribution in [1.29, 1.82) is 0 Å². The molecule has 0 saturated heterocycles. The van der Waals surface area contributed by atoms with Crippen LogP contribution in [0.15, 0.2) is 29.7 Å². The van der Waals surface area contributed by atoms with Crippen LogP contribution in [0.5, 0.6) is 0 Å². The highest BCUT2D eigenvalue weighted by Crippen LogP contribution is 2.48. The van der Waals surface area contributed by atoms with E-state index >= 15 is 0 Å². The summed E-state index contributed by atoms with van der Waals surface area (Å²) in [6.45, 7) is 6.94. The highest BCUT2D eigenvalue weighted by atomic mass is 31.1. The molecule has 27 heavy (non-hydrogen) atoms. The molecular formula is C25H44NP. The first-order chi connectivity index (χ1) is 13.3. The Morgan fingerprint density at radius 3 is 1.81 bits per heavy atom. The number of nitrogens with zero attached hydrogens (tertiary/aromatic N) is 1. The Morgan fingerprint density at radius 1 is 0.778 bits per heavy atom. The van der Waals surface area contributed by atoms with Crippen LogP contribution in [0.25, 0.3) is 6.08 Å². The summed E-state index contributed by atoms with van der Waals surface area (Å²) in [6, 6.07) is 6.27. The molecule has 0 radical (unpaired) electrons. The largest absolute Gasteiger partial charge is 0.257 e. The maximum atomic E-state index is 4.54. The van der Waals surface area contributed by atoms with Crippen LogP contribution in [0.1, 0.15) is 110 Å². The molecule has 1 aromatic rings. The first-order valence-electron chi connectivity index (χ1n) is 11.7. The zero-order valence-electron chi connectivity index (χ0n) is 18.4. The molecule has 1 aromatic heterocycles. The SMILES string of the molecule is CCCCCCCCP(CCCCCCCC)C(=Cc1ccccn1)CC. The standard InChI is InChI=1S/C25H44NP/c1-4-7-9-11-13-17-21-27(22-18-14-12-10-8-5-2)25(6-3)23-24-19-15-16-20-26-24/h15-16,19-20,23H,4-14,17-18,21-22H2,1-3H3. The molecule has 0 aliphatic carbocycles. The van der Waals surface area contributed by atoms with Crippen LogP contribution in [0.3, 0.4) is 0 Å². The predicted molar refractivity (Wildman–Crippen MR) is 126 cm³/mol. The fraction of sp³-hybridized carbons (Fsp3) is 0.720. The Morgan fingerprint density at radius 2 is 1.33 bits per heavy atom. The van der Waals surface area contributed by atoms with E-state index in [1.165, 1.54) is 95.8 Å². The smallest absolute Gasteiger partial charge is 0.0632 e. The molecule has 0 aromatic carbocycles. The van der Waals surface area contributed by atoms with Gasteiger partial charge in [-0.1, -0.05) is 99.0 Å². The van der Waals surface area contributed by atoms with Gasteiger partial charge in [0.05, 0.1) is 5.69 Å². The molecule has 0 atom stereocenters. The fourth-order valence-electron chi connectivity index (χ4n) is 3.61. The molecule has 0 bridgehead atoms. The van der Waals surface area contributed by atoms with Gasteiger partial charge in [-0.25, -0.2) is 0 Å². The molecule has 0 aliphatic rings. The molecule has 1 heterocycles. The van der Waals surface area contributed by atoms with Crippen LogP contribution < -0.4 is 0 Å². The lowest BCUT2D eigenvalue weighted by Gasteiger charge is -2.21. The number of hydrogen-bond acceptors (Lipinski definition) is 1. The van der Waals surface area contributed by atoms with E-state index in [0.717, 1.165) is 5.69 Å². The van der Waals surface area contributed by atoms with Gasteiger partial charge in [0.1, 0.15) is 0 Å². The van der Waals surface area contributed by atoms with E-state index in [0.29, 0.717) is 0 Å². The summed E-state index contributed by atoms with van der Waals surface area (Å²) >= 11 is 0. The maximum Gasteiger partial charge on any atom is 0.0632 e. The minimum atomic E-state index is 0.0243. The summed E-state index contributed by atoms with van der Waals surface area (Å²) in [6.07, 6.45) is 25.3. The highest BCUT2D eigenvalue weighted by molar-refractivity contribution is 7.62. The molecule has 2 heteroatoms. The molecule has 0 fully saturated rings. The van der Waals surface area contributed by atoms with Gasteiger partial charge in [0, 0.05) is 6.20 Å². The van der Waals surface area contributed by atoms with Crippen LogP contribution in [0, 0.1) is 0 Å². The summed E-state index contributed by atoms with van der Waals surface area (Å²) in [5.74, 6) is 0. The molecule has 1 nitrogen and oxygen atoms in total. The first kappa shape index (κ1) is 24.4. The van der Waals surface area contributed by atoms with Crippen molar-refractivity contribution in [3.8, 4) is 0 Å². The number of rotatable bonds is 17. The normalized spacial score (nSPS) is 12.1. The predicted octanol–water partition coefficient (Wildman–Crippen LogP) is 9.04. The van der Waals surface area contributed by atoms with Gasteiger partial charge in [0.25, 0.3) is 0 Å². The van der Waals surface area contributed by atoms with Gasteiger partial charge < -0.3 is 0 Å². The second-order valence-electron chi connectivity index (χ2n) is 7.77. The molecule has 0 saturated carbocycles. The van der Waals surface area contributed by atoms with Gasteiger partial charge in [0.2, 0.25) is 0 Å². The van der Waals surface area contributed by atoms with Gasteiger partial charge in [-0.05, 0) is 55.1 Å². The van der Waals surface area contributed by atoms with Crippen LogP contribution in [-0.4, -0.2) is 17.3 Å². The zero-order valence-corrected chi connectivity index (χ0v) is 19.3. The van der Waals surface area contributed by atoms with Gasteiger partial charge in [0.15, 0.2) is 0 Å². The van der Waals surface area contributed by atoms with E-state index < -0.39 is 0 Å². The topological polar surface area (TPSA) is 12.9 Å². The van der Waals surface area contributed by atoms with Crippen LogP contribution in [0.4, 0.5) is 0 Å². The number of allylic oxidation sites excluding steroid dienone is 1. The third-order valence-corrected chi connectivity index (χ3v) is 8.30. The van der Waals surface area contributed by atoms with Crippen LogP contribution in [0.2, 0.25) is 0 Å². The second-order valence-corrected chi connectivity index (χ2v) is 10.3. The van der Waals surface area contributed by atoms with E-state index in [1.54, 1.807) is 5.31 Å². The van der Waals surface area contributed by atoms with Crippen molar-refractivity contribution in [3.63, 3.8) is 0 Å². The minimum Gasteiger partial charge on any atom is -0.257 e. The Hall–Kier alpha value is -0.680. The Balaban J connectivity index is 2.54. The quantitative estimate of drug-likeness (QED) is 0.191. The number of unbranched alkanes of at least 4 members (excludes halogenated alkanes) is 10. The van der Waals surface area contributed by atoms with Crippen molar-refractivity contribution >= 4 is 14.0 Å². The van der Waals surface area contributed by atoms with Crippen molar-refractivity contribution in [3.05, 3.63) is 35.4 Å². The van der Waals surface area contributed by atoms with Crippen LogP contribution >= 0.6 is 7.92 Å². The van der Waals surface area contributed by atoms with Crippen molar-refractivity contribution in [2.45, 2.75) is 104 Å². The molecule has 0 aliphatic heterocycles. The molecule has 1 rings (SSSR count). The fourth-order valence-corrected chi connectivity index (χ4v) is 6.38. The van der Waals surface area contributed by atoms with Crippen molar-refractivity contribution < 1.29 is 0 Å². The summed E-state index contributed by atoms with van der Waals surface area (Å²) in [5, 5.41) is 1.69. The Bertz CT molecular complexity index is 452. The first-order valence-corrected chi connectivity index (χ1v) is 13.4. The number of pyridine rings is 1.